The summed E-state index contributed by atoms with van der Waals surface area (Å²) in [5.74, 6) is -0.128. The van der Waals surface area contributed by atoms with E-state index in [1.807, 2.05) is 18.7 Å². The number of pyridine rings is 1. The molecule has 0 radical (unpaired) electrons. The van der Waals surface area contributed by atoms with Crippen LogP contribution in [0.3, 0.4) is 0 Å². The molecule has 1 aliphatic rings. The van der Waals surface area contributed by atoms with Crippen molar-refractivity contribution < 1.29 is 18.3 Å². The van der Waals surface area contributed by atoms with E-state index in [1.165, 1.54) is 18.3 Å². The average molecular weight is 392 g/mol. The Morgan fingerprint density at radius 2 is 1.89 bits per heavy atom. The fourth-order valence-electron chi connectivity index (χ4n) is 3.00. The Balaban J connectivity index is 2.02. The summed E-state index contributed by atoms with van der Waals surface area (Å²) in [4.78, 5) is 7.76. The van der Waals surface area contributed by atoms with Gasteiger partial charge in [0.25, 0.3) is 0 Å². The number of nitriles is 1. The minimum atomic E-state index is -4.64. The molecule has 2 heterocycles. The highest BCUT2D eigenvalue weighted by molar-refractivity contribution is 7.80. The third kappa shape index (κ3) is 3.28. The lowest BCUT2D eigenvalue weighted by Crippen LogP contribution is -2.42. The van der Waals surface area contributed by atoms with Gasteiger partial charge < -0.3 is 14.9 Å². The van der Waals surface area contributed by atoms with Gasteiger partial charge in [-0.15, -0.1) is 0 Å². The first-order chi connectivity index (χ1) is 12.6. The molecule has 0 unspecified atom stereocenters. The van der Waals surface area contributed by atoms with Gasteiger partial charge in [0.05, 0.1) is 41.3 Å². The van der Waals surface area contributed by atoms with E-state index >= 15 is 0 Å². The predicted molar refractivity (Wildman–Crippen MR) is 98.6 cm³/mol. The molecule has 1 saturated heterocycles. The first-order valence-electron chi connectivity index (χ1n) is 7.91. The molecule has 1 N–H and O–H groups in total. The van der Waals surface area contributed by atoms with Crippen molar-refractivity contribution >= 4 is 28.6 Å². The zero-order valence-electron chi connectivity index (χ0n) is 14.4. The lowest BCUT2D eigenvalue weighted by Gasteiger charge is -2.31. The number of halogens is 3. The van der Waals surface area contributed by atoms with Crippen LogP contribution in [0.2, 0.25) is 0 Å². The van der Waals surface area contributed by atoms with Crippen LogP contribution in [0.1, 0.15) is 25.0 Å². The quantitative estimate of drug-likeness (QED) is 0.778. The smallest absolute Gasteiger partial charge is 0.417 e. The summed E-state index contributed by atoms with van der Waals surface area (Å²) >= 11 is 5.53. The number of hydrogen-bond acceptors (Lipinski definition) is 5. The SMILES string of the molecule is CC1(C)C(=S)N(c2ccc(C#N)c(C(F)(F)F)c2)CN1c1ccc(O)nc1. The van der Waals surface area contributed by atoms with Gasteiger partial charge in [0, 0.05) is 11.8 Å². The first-order valence-corrected chi connectivity index (χ1v) is 8.32. The fraction of sp³-hybridized carbons (Fsp3) is 0.278. The van der Waals surface area contributed by atoms with E-state index in [4.69, 9.17) is 17.5 Å². The van der Waals surface area contributed by atoms with Crippen LogP contribution in [-0.2, 0) is 6.18 Å². The third-order valence-corrected chi connectivity index (χ3v) is 5.23. The van der Waals surface area contributed by atoms with Gasteiger partial charge in [-0.3, -0.25) is 0 Å². The zero-order valence-corrected chi connectivity index (χ0v) is 15.3. The Labute approximate surface area is 159 Å². The minimum absolute atomic E-state index is 0.128. The van der Waals surface area contributed by atoms with Crippen LogP contribution in [0.5, 0.6) is 5.88 Å². The van der Waals surface area contributed by atoms with Crippen molar-refractivity contribution in [3.8, 4) is 11.9 Å². The second-order valence-corrected chi connectivity index (χ2v) is 6.96. The number of benzene rings is 1. The Hall–Kier alpha value is -2.86. The zero-order chi connectivity index (χ0) is 20.0. The van der Waals surface area contributed by atoms with Crippen LogP contribution in [-0.4, -0.2) is 27.3 Å². The Bertz CT molecular complexity index is 935. The molecular weight excluding hydrogens is 377 g/mol. The number of aromatic hydroxyl groups is 1. The van der Waals surface area contributed by atoms with Crippen molar-refractivity contribution in [2.24, 2.45) is 0 Å². The normalized spacial score (nSPS) is 16.5. The molecule has 0 amide bonds. The number of nitrogens with zero attached hydrogens (tertiary/aromatic N) is 4. The number of rotatable bonds is 2. The van der Waals surface area contributed by atoms with E-state index in [9.17, 15) is 18.3 Å². The van der Waals surface area contributed by atoms with Gasteiger partial charge in [-0.05, 0) is 38.1 Å². The monoisotopic (exact) mass is 392 g/mol. The van der Waals surface area contributed by atoms with Crippen LogP contribution in [0.25, 0.3) is 0 Å². The number of alkyl halides is 3. The van der Waals surface area contributed by atoms with Crippen molar-refractivity contribution in [1.82, 2.24) is 4.98 Å². The topological polar surface area (TPSA) is 63.4 Å². The van der Waals surface area contributed by atoms with Crippen molar-refractivity contribution in [2.45, 2.75) is 25.6 Å². The largest absolute Gasteiger partial charge is 0.493 e. The van der Waals surface area contributed by atoms with Crippen LogP contribution in [0, 0.1) is 11.3 Å². The second kappa shape index (κ2) is 6.39. The highest BCUT2D eigenvalue weighted by Crippen LogP contribution is 2.38. The van der Waals surface area contributed by atoms with Gasteiger partial charge in [-0.2, -0.15) is 18.4 Å². The second-order valence-electron chi connectivity index (χ2n) is 6.58. The first kappa shape index (κ1) is 18.9. The van der Waals surface area contributed by atoms with Gasteiger partial charge in [0.1, 0.15) is 4.99 Å². The molecule has 0 atom stereocenters. The molecule has 3 rings (SSSR count). The highest BCUT2D eigenvalue weighted by Gasteiger charge is 2.43. The summed E-state index contributed by atoms with van der Waals surface area (Å²) in [7, 11) is 0. The molecular formula is C18H15F3N4OS. The lowest BCUT2D eigenvalue weighted by molar-refractivity contribution is -0.137. The Morgan fingerprint density at radius 3 is 2.44 bits per heavy atom. The molecule has 1 aliphatic heterocycles. The highest BCUT2D eigenvalue weighted by atomic mass is 32.1. The lowest BCUT2D eigenvalue weighted by atomic mass is 10.0. The molecule has 0 bridgehead atoms. The molecule has 27 heavy (non-hydrogen) atoms. The molecule has 140 valence electrons. The summed E-state index contributed by atoms with van der Waals surface area (Å²) < 4.78 is 39.9. The van der Waals surface area contributed by atoms with Crippen molar-refractivity contribution in [3.63, 3.8) is 0 Å². The van der Waals surface area contributed by atoms with E-state index in [0.717, 1.165) is 12.1 Å². The molecule has 1 fully saturated rings. The van der Waals surface area contributed by atoms with E-state index in [2.05, 4.69) is 4.98 Å². The van der Waals surface area contributed by atoms with Crippen LogP contribution >= 0.6 is 12.2 Å². The van der Waals surface area contributed by atoms with Gasteiger partial charge in [-0.25, -0.2) is 4.98 Å². The molecule has 1 aromatic carbocycles. The van der Waals surface area contributed by atoms with Gasteiger partial charge in [0.15, 0.2) is 0 Å². The maximum Gasteiger partial charge on any atom is 0.417 e. The molecule has 5 nitrogen and oxygen atoms in total. The third-order valence-electron chi connectivity index (χ3n) is 4.51. The summed E-state index contributed by atoms with van der Waals surface area (Å²) in [6, 6.07) is 8.22. The number of aromatic nitrogens is 1. The van der Waals surface area contributed by atoms with Gasteiger partial charge >= 0.3 is 6.18 Å². The summed E-state index contributed by atoms with van der Waals surface area (Å²) in [6.45, 7) is 3.93. The van der Waals surface area contributed by atoms with E-state index < -0.39 is 22.8 Å². The van der Waals surface area contributed by atoms with Gasteiger partial charge in [0.2, 0.25) is 5.88 Å². The van der Waals surface area contributed by atoms with Crippen LogP contribution in [0.4, 0.5) is 24.5 Å². The summed E-state index contributed by atoms with van der Waals surface area (Å²) in [6.07, 6.45) is -3.17. The fourth-order valence-corrected chi connectivity index (χ4v) is 3.27. The summed E-state index contributed by atoms with van der Waals surface area (Å²) in [5, 5.41) is 18.3. The Kier molecular flexibility index (Phi) is 4.48. The van der Waals surface area contributed by atoms with Crippen molar-refractivity contribution in [3.05, 3.63) is 47.7 Å². The molecule has 0 spiro atoms. The average Bonchev–Trinajstić information content (AvgIpc) is 2.85. The molecule has 0 aliphatic carbocycles. The van der Waals surface area contributed by atoms with E-state index in [-0.39, 0.29) is 18.2 Å². The van der Waals surface area contributed by atoms with E-state index in [0.29, 0.717) is 10.7 Å². The Morgan fingerprint density at radius 1 is 1.22 bits per heavy atom. The molecule has 0 saturated carbocycles. The van der Waals surface area contributed by atoms with Gasteiger partial charge in [-0.1, -0.05) is 12.2 Å². The van der Waals surface area contributed by atoms with Crippen molar-refractivity contribution in [1.29, 1.82) is 5.26 Å². The van der Waals surface area contributed by atoms with Crippen molar-refractivity contribution in [2.75, 3.05) is 16.5 Å². The predicted octanol–water partition coefficient (Wildman–Crippen LogP) is 4.07. The van der Waals surface area contributed by atoms with Crippen LogP contribution in [0.15, 0.2) is 36.5 Å². The molecule has 2 aromatic rings. The number of hydrogen-bond donors (Lipinski definition) is 1. The minimum Gasteiger partial charge on any atom is -0.493 e. The number of thiocarbonyl (C=S) groups is 1. The van der Waals surface area contributed by atoms with Crippen LogP contribution < -0.4 is 9.80 Å². The molecule has 1 aromatic heterocycles. The number of anilines is 2. The van der Waals surface area contributed by atoms with E-state index in [1.54, 1.807) is 17.0 Å². The maximum atomic E-state index is 13.3. The summed E-state index contributed by atoms with van der Waals surface area (Å²) in [5.41, 5.74) is -1.16. The standard InChI is InChI=1S/C18H15F3N4OS/c1-17(2)16(27)24(10-25(17)13-5-6-15(26)23-9-13)12-4-3-11(8-22)14(7-12)18(19,20)21/h3-7,9H,10H2,1-2H3,(H,23,26). The molecule has 9 heteroatoms. The maximum absolute atomic E-state index is 13.3.